The zero-order valence-electron chi connectivity index (χ0n) is 16.1. The third-order valence-electron chi connectivity index (χ3n) is 4.62. The summed E-state index contributed by atoms with van der Waals surface area (Å²) in [7, 11) is 1.58. The molecule has 0 aliphatic carbocycles. The molecule has 0 saturated heterocycles. The Kier molecular flexibility index (Phi) is 5.50. The van der Waals surface area contributed by atoms with Crippen molar-refractivity contribution >= 4 is 46.2 Å². The second-order valence-corrected chi connectivity index (χ2v) is 7.06. The number of benzene rings is 3. The predicted octanol–water partition coefficient (Wildman–Crippen LogP) is 4.45. The Morgan fingerprint density at radius 3 is 2.57 bits per heavy atom. The number of hydrogen-bond donors (Lipinski definition) is 1. The molecule has 1 aliphatic rings. The van der Waals surface area contributed by atoms with Gasteiger partial charge in [0, 0.05) is 16.3 Å². The number of hydrogen-bond acceptors (Lipinski definition) is 4. The minimum Gasteiger partial charge on any atom is -0.497 e. The lowest BCUT2D eigenvalue weighted by atomic mass is 10.1. The number of ether oxygens (including phenoxy) is 1. The van der Waals surface area contributed by atoms with Gasteiger partial charge in [-0.1, -0.05) is 35.9 Å². The number of para-hydroxylation sites is 1. The van der Waals surface area contributed by atoms with E-state index in [2.05, 4.69) is 10.3 Å². The number of halogens is 1. The van der Waals surface area contributed by atoms with Crippen LogP contribution in [0.1, 0.15) is 5.56 Å². The van der Waals surface area contributed by atoms with Gasteiger partial charge in [-0.05, 0) is 48.5 Å². The summed E-state index contributed by atoms with van der Waals surface area (Å²) in [6, 6.07) is 21.2. The monoisotopic (exact) mass is 419 g/mol. The fraction of sp³-hybridized carbons (Fsp3) is 0.0870. The summed E-state index contributed by atoms with van der Waals surface area (Å²) in [5.41, 5.74) is 2.80. The van der Waals surface area contributed by atoms with Gasteiger partial charge in [0.2, 0.25) is 5.91 Å². The SMILES string of the molecule is COc1ccc(NC(=O)CN2C(=O)C(=Nc3cccc(Cl)c3)c3ccccc32)cc1. The van der Waals surface area contributed by atoms with Gasteiger partial charge in [0.1, 0.15) is 18.0 Å². The molecule has 0 aromatic heterocycles. The van der Waals surface area contributed by atoms with Gasteiger partial charge in [-0.25, -0.2) is 4.99 Å². The highest BCUT2D eigenvalue weighted by atomic mass is 35.5. The average molecular weight is 420 g/mol. The normalized spacial score (nSPS) is 14.0. The van der Waals surface area contributed by atoms with E-state index in [1.807, 2.05) is 18.2 Å². The Bertz CT molecular complexity index is 1140. The Morgan fingerprint density at radius 2 is 1.83 bits per heavy atom. The number of nitrogens with zero attached hydrogens (tertiary/aromatic N) is 2. The number of nitrogens with one attached hydrogen (secondary N) is 1. The lowest BCUT2D eigenvalue weighted by Crippen LogP contribution is -2.37. The van der Waals surface area contributed by atoms with Crippen molar-refractivity contribution in [3.63, 3.8) is 0 Å². The third kappa shape index (κ3) is 4.04. The van der Waals surface area contributed by atoms with E-state index in [0.717, 1.165) is 0 Å². The van der Waals surface area contributed by atoms with Crippen molar-refractivity contribution in [2.24, 2.45) is 4.99 Å². The molecule has 0 fully saturated rings. The minimum absolute atomic E-state index is 0.129. The van der Waals surface area contributed by atoms with Gasteiger partial charge in [0.05, 0.1) is 18.5 Å². The molecule has 3 aromatic rings. The number of anilines is 2. The summed E-state index contributed by atoms with van der Waals surface area (Å²) >= 11 is 6.04. The molecule has 0 radical (unpaired) electrons. The van der Waals surface area contributed by atoms with E-state index in [1.165, 1.54) is 4.90 Å². The van der Waals surface area contributed by atoms with E-state index in [1.54, 1.807) is 61.7 Å². The van der Waals surface area contributed by atoms with E-state index < -0.39 is 0 Å². The van der Waals surface area contributed by atoms with Crippen LogP contribution in [-0.2, 0) is 9.59 Å². The highest BCUT2D eigenvalue weighted by Gasteiger charge is 2.34. The van der Waals surface area contributed by atoms with Crippen LogP contribution in [0.25, 0.3) is 0 Å². The van der Waals surface area contributed by atoms with Gasteiger partial charge in [-0.2, -0.15) is 0 Å². The van der Waals surface area contributed by atoms with Crippen molar-refractivity contribution in [3.05, 3.63) is 83.4 Å². The molecule has 0 unspecified atom stereocenters. The Hall–Kier alpha value is -3.64. The molecule has 0 bridgehead atoms. The fourth-order valence-corrected chi connectivity index (χ4v) is 3.40. The molecule has 7 heteroatoms. The average Bonchev–Trinajstić information content (AvgIpc) is 3.00. The van der Waals surface area contributed by atoms with Crippen molar-refractivity contribution in [2.45, 2.75) is 0 Å². The summed E-state index contributed by atoms with van der Waals surface area (Å²) in [5, 5.41) is 3.33. The zero-order chi connectivity index (χ0) is 21.1. The van der Waals surface area contributed by atoms with Gasteiger partial charge in [-0.3, -0.25) is 14.5 Å². The Balaban J connectivity index is 1.58. The summed E-state index contributed by atoms with van der Waals surface area (Å²) in [5.74, 6) is 0.0481. The first-order chi connectivity index (χ1) is 14.5. The molecule has 0 saturated carbocycles. The van der Waals surface area contributed by atoms with Crippen LogP contribution in [0, 0.1) is 0 Å². The van der Waals surface area contributed by atoms with E-state index in [-0.39, 0.29) is 24.1 Å². The molecular formula is C23H18ClN3O3. The smallest absolute Gasteiger partial charge is 0.278 e. The van der Waals surface area contributed by atoms with Crippen LogP contribution in [0.15, 0.2) is 77.8 Å². The first kappa shape index (κ1) is 19.7. The maximum absolute atomic E-state index is 13.1. The van der Waals surface area contributed by atoms with Crippen molar-refractivity contribution in [1.82, 2.24) is 0 Å². The molecule has 6 nitrogen and oxygen atoms in total. The quantitative estimate of drug-likeness (QED) is 0.664. The highest BCUT2D eigenvalue weighted by Crippen LogP contribution is 2.31. The number of rotatable bonds is 5. The molecule has 1 heterocycles. The first-order valence-electron chi connectivity index (χ1n) is 9.24. The number of aliphatic imine (C=N–C) groups is 1. The molecule has 0 atom stereocenters. The summed E-state index contributed by atoms with van der Waals surface area (Å²) < 4.78 is 5.12. The Morgan fingerprint density at radius 1 is 1.07 bits per heavy atom. The van der Waals surface area contributed by atoms with Gasteiger partial charge < -0.3 is 10.1 Å². The van der Waals surface area contributed by atoms with Crippen LogP contribution in [0.2, 0.25) is 5.02 Å². The third-order valence-corrected chi connectivity index (χ3v) is 4.86. The highest BCUT2D eigenvalue weighted by molar-refractivity contribution is 6.55. The standard InChI is InChI=1S/C23H18ClN3O3/c1-30-18-11-9-16(10-12-18)25-21(28)14-27-20-8-3-2-7-19(20)22(23(27)29)26-17-6-4-5-15(24)13-17/h2-13H,14H2,1H3,(H,25,28). The van der Waals surface area contributed by atoms with Crippen LogP contribution in [0.3, 0.4) is 0 Å². The van der Waals surface area contributed by atoms with Crippen LogP contribution in [-0.4, -0.2) is 31.2 Å². The van der Waals surface area contributed by atoms with Crippen LogP contribution in [0.5, 0.6) is 5.75 Å². The zero-order valence-corrected chi connectivity index (χ0v) is 16.9. The van der Waals surface area contributed by atoms with Crippen molar-refractivity contribution in [1.29, 1.82) is 0 Å². The van der Waals surface area contributed by atoms with Crippen molar-refractivity contribution in [3.8, 4) is 5.75 Å². The van der Waals surface area contributed by atoms with E-state index in [4.69, 9.17) is 16.3 Å². The molecule has 150 valence electrons. The largest absolute Gasteiger partial charge is 0.497 e. The number of fused-ring (bicyclic) bond motifs is 1. The maximum Gasteiger partial charge on any atom is 0.278 e. The van der Waals surface area contributed by atoms with E-state index in [9.17, 15) is 9.59 Å². The van der Waals surface area contributed by atoms with Crippen LogP contribution < -0.4 is 15.0 Å². The molecule has 1 aliphatic heterocycles. The van der Waals surface area contributed by atoms with E-state index in [0.29, 0.717) is 33.4 Å². The molecule has 2 amide bonds. The predicted molar refractivity (Wildman–Crippen MR) is 118 cm³/mol. The molecule has 30 heavy (non-hydrogen) atoms. The van der Waals surface area contributed by atoms with Gasteiger partial charge in [0.25, 0.3) is 5.91 Å². The lowest BCUT2D eigenvalue weighted by Gasteiger charge is -2.16. The molecule has 3 aromatic carbocycles. The lowest BCUT2D eigenvalue weighted by molar-refractivity contribution is -0.118. The van der Waals surface area contributed by atoms with Crippen molar-refractivity contribution in [2.75, 3.05) is 23.9 Å². The van der Waals surface area contributed by atoms with Gasteiger partial charge in [-0.15, -0.1) is 0 Å². The van der Waals surface area contributed by atoms with Gasteiger partial charge in [0.15, 0.2) is 0 Å². The molecule has 4 rings (SSSR count). The van der Waals surface area contributed by atoms with Crippen molar-refractivity contribution < 1.29 is 14.3 Å². The van der Waals surface area contributed by atoms with Gasteiger partial charge >= 0.3 is 0 Å². The maximum atomic E-state index is 13.1. The second-order valence-electron chi connectivity index (χ2n) is 6.63. The van der Waals surface area contributed by atoms with E-state index >= 15 is 0 Å². The number of carbonyl (C=O) groups is 2. The molecule has 1 N–H and O–H groups in total. The number of amides is 2. The van der Waals surface area contributed by atoms with Crippen LogP contribution >= 0.6 is 11.6 Å². The second kappa shape index (κ2) is 8.39. The summed E-state index contributed by atoms with van der Waals surface area (Å²) in [6.45, 7) is -0.129. The number of methoxy groups -OCH3 is 1. The Labute approximate surface area is 178 Å². The minimum atomic E-state index is -0.332. The first-order valence-corrected chi connectivity index (χ1v) is 9.62. The van der Waals surface area contributed by atoms with Crippen LogP contribution in [0.4, 0.5) is 17.1 Å². The summed E-state index contributed by atoms with van der Waals surface area (Å²) in [6.07, 6.45) is 0. The fourth-order valence-electron chi connectivity index (χ4n) is 3.22. The topological polar surface area (TPSA) is 71.0 Å². The molecular weight excluding hydrogens is 402 g/mol. The molecule has 0 spiro atoms. The number of carbonyl (C=O) groups excluding carboxylic acids is 2. The summed E-state index contributed by atoms with van der Waals surface area (Å²) in [4.78, 5) is 31.6.